The van der Waals surface area contributed by atoms with Crippen molar-refractivity contribution in [1.29, 1.82) is 5.26 Å². The van der Waals surface area contributed by atoms with Crippen LogP contribution in [0.2, 0.25) is 0 Å². The van der Waals surface area contributed by atoms with Gasteiger partial charge in [-0.2, -0.15) is 10.1 Å². The average Bonchev–Trinajstić information content (AvgIpc) is 3.54. The van der Waals surface area contributed by atoms with Gasteiger partial charge in [-0.3, -0.25) is 4.79 Å². The minimum Gasteiger partial charge on any atom is -0.496 e. The third-order valence-corrected chi connectivity index (χ3v) is 6.99. The molecule has 35 heavy (non-hydrogen) atoms. The van der Waals surface area contributed by atoms with E-state index < -0.39 is 5.54 Å². The number of ether oxygens (including phenoxy) is 1. The smallest absolute Gasteiger partial charge is 0.291 e. The standard InChI is InChI=1S/C25H30N8O2/c1-15(2)11-19-21-17-13-18(22-28-30-31(4)29-22)20(35-5)12-16(17)7-10-32(21)23(27-19)24(34)33-9-6-8-25(33,3)14-26/h12-13,15H,6-11H2,1-5H3/t25-/m1/s1. The first-order valence-electron chi connectivity index (χ1n) is 12.0. The monoisotopic (exact) mass is 474 g/mol. The van der Waals surface area contributed by atoms with E-state index in [0.717, 1.165) is 47.3 Å². The van der Waals surface area contributed by atoms with Crippen molar-refractivity contribution in [2.45, 2.75) is 58.5 Å². The number of imidazole rings is 1. The molecule has 182 valence electrons. The maximum atomic E-state index is 13.7. The summed E-state index contributed by atoms with van der Waals surface area (Å²) in [7, 11) is 3.36. The Hall–Kier alpha value is -3.74. The minimum absolute atomic E-state index is 0.171. The van der Waals surface area contributed by atoms with E-state index in [1.807, 2.05) is 23.6 Å². The van der Waals surface area contributed by atoms with Gasteiger partial charge >= 0.3 is 0 Å². The molecule has 0 unspecified atom stereocenters. The number of methoxy groups -OCH3 is 1. The summed E-state index contributed by atoms with van der Waals surface area (Å²) in [5.74, 6) is 1.77. The molecule has 0 aliphatic carbocycles. The van der Waals surface area contributed by atoms with E-state index in [0.29, 0.717) is 42.8 Å². The Balaban J connectivity index is 1.68. The second-order valence-corrected chi connectivity index (χ2v) is 9.99. The number of tetrazole rings is 1. The molecular formula is C25H30N8O2. The molecule has 0 radical (unpaired) electrons. The second-order valence-electron chi connectivity index (χ2n) is 9.99. The van der Waals surface area contributed by atoms with E-state index in [4.69, 9.17) is 9.72 Å². The van der Waals surface area contributed by atoms with E-state index in [1.54, 1.807) is 19.1 Å². The lowest BCUT2D eigenvalue weighted by molar-refractivity contribution is 0.0675. The Morgan fingerprint density at radius 3 is 2.74 bits per heavy atom. The van der Waals surface area contributed by atoms with Crippen LogP contribution in [0.3, 0.4) is 0 Å². The summed E-state index contributed by atoms with van der Waals surface area (Å²) in [5.41, 5.74) is 3.93. The Kier molecular flexibility index (Phi) is 5.58. The minimum atomic E-state index is -0.799. The van der Waals surface area contributed by atoms with Crippen LogP contribution in [0.1, 0.15) is 55.5 Å². The lowest BCUT2D eigenvalue weighted by Crippen LogP contribution is -2.45. The number of nitriles is 1. The number of amides is 1. The number of nitrogens with zero attached hydrogens (tertiary/aromatic N) is 8. The van der Waals surface area contributed by atoms with Gasteiger partial charge in [0.15, 0.2) is 5.82 Å². The van der Waals surface area contributed by atoms with Crippen LogP contribution in [0.15, 0.2) is 12.1 Å². The zero-order chi connectivity index (χ0) is 24.9. The van der Waals surface area contributed by atoms with Crippen molar-refractivity contribution < 1.29 is 9.53 Å². The summed E-state index contributed by atoms with van der Waals surface area (Å²) in [6, 6.07) is 6.41. The van der Waals surface area contributed by atoms with Crippen LogP contribution in [0.5, 0.6) is 5.75 Å². The van der Waals surface area contributed by atoms with Crippen LogP contribution in [0.25, 0.3) is 22.6 Å². The number of carbonyl (C=O) groups is 1. The van der Waals surface area contributed by atoms with Gasteiger partial charge in [0.1, 0.15) is 11.3 Å². The van der Waals surface area contributed by atoms with Crippen LogP contribution >= 0.6 is 0 Å². The molecular weight excluding hydrogens is 444 g/mol. The van der Waals surface area contributed by atoms with Crippen molar-refractivity contribution in [1.82, 2.24) is 34.7 Å². The van der Waals surface area contributed by atoms with Crippen LogP contribution in [0.4, 0.5) is 0 Å². The normalized spacial score (nSPS) is 18.9. The fraction of sp³-hybridized carbons (Fsp3) is 0.520. The highest BCUT2D eigenvalue weighted by atomic mass is 16.5. The van der Waals surface area contributed by atoms with E-state index in [9.17, 15) is 10.1 Å². The Bertz CT molecular complexity index is 1350. The lowest BCUT2D eigenvalue weighted by Gasteiger charge is -2.29. The van der Waals surface area contributed by atoms with E-state index in [2.05, 4.69) is 35.3 Å². The van der Waals surface area contributed by atoms with Gasteiger partial charge in [-0.25, -0.2) is 4.98 Å². The van der Waals surface area contributed by atoms with Gasteiger partial charge in [-0.1, -0.05) is 13.8 Å². The molecule has 10 heteroatoms. The molecule has 2 aliphatic rings. The van der Waals surface area contributed by atoms with Gasteiger partial charge in [-0.15, -0.1) is 10.2 Å². The topological polar surface area (TPSA) is 115 Å². The molecule has 2 aromatic heterocycles. The largest absolute Gasteiger partial charge is 0.496 e. The molecule has 4 heterocycles. The molecule has 10 nitrogen and oxygen atoms in total. The number of likely N-dealkylation sites (tertiary alicyclic amines) is 1. The predicted molar refractivity (Wildman–Crippen MR) is 129 cm³/mol. The van der Waals surface area contributed by atoms with Gasteiger partial charge < -0.3 is 14.2 Å². The zero-order valence-corrected chi connectivity index (χ0v) is 20.9. The maximum Gasteiger partial charge on any atom is 0.291 e. The molecule has 1 amide bonds. The molecule has 1 saturated heterocycles. The van der Waals surface area contributed by atoms with Gasteiger partial charge in [0.05, 0.1) is 37.2 Å². The molecule has 1 atom stereocenters. The van der Waals surface area contributed by atoms with Gasteiger partial charge in [0.25, 0.3) is 5.91 Å². The van der Waals surface area contributed by atoms with Crippen LogP contribution in [-0.2, 0) is 26.4 Å². The Morgan fingerprint density at radius 2 is 2.09 bits per heavy atom. The molecule has 0 N–H and O–H groups in total. The summed E-state index contributed by atoms with van der Waals surface area (Å²) in [4.78, 5) is 21.8. The molecule has 1 aromatic carbocycles. The summed E-state index contributed by atoms with van der Waals surface area (Å²) in [6.07, 6.45) is 2.97. The number of carbonyl (C=O) groups excluding carboxylic acids is 1. The number of aryl methyl sites for hydroxylation is 2. The zero-order valence-electron chi connectivity index (χ0n) is 20.9. The van der Waals surface area contributed by atoms with Crippen molar-refractivity contribution in [3.63, 3.8) is 0 Å². The lowest BCUT2D eigenvalue weighted by atomic mass is 9.92. The summed E-state index contributed by atoms with van der Waals surface area (Å²) >= 11 is 0. The first-order valence-corrected chi connectivity index (χ1v) is 12.0. The summed E-state index contributed by atoms with van der Waals surface area (Å²) < 4.78 is 7.71. The number of fused-ring (bicyclic) bond motifs is 3. The van der Waals surface area contributed by atoms with Crippen molar-refractivity contribution in [3.05, 3.63) is 29.2 Å². The number of rotatable bonds is 5. The fourth-order valence-electron chi connectivity index (χ4n) is 5.26. The number of aromatic nitrogens is 6. The highest BCUT2D eigenvalue weighted by molar-refractivity contribution is 5.94. The number of benzene rings is 1. The van der Waals surface area contributed by atoms with Crippen molar-refractivity contribution >= 4 is 5.91 Å². The first-order chi connectivity index (χ1) is 16.8. The second kappa shape index (κ2) is 8.48. The van der Waals surface area contributed by atoms with E-state index >= 15 is 0 Å². The molecule has 5 rings (SSSR count). The molecule has 3 aromatic rings. The van der Waals surface area contributed by atoms with Crippen LogP contribution in [-0.4, -0.2) is 59.8 Å². The van der Waals surface area contributed by atoms with Gasteiger partial charge in [0, 0.05) is 18.7 Å². The Morgan fingerprint density at radius 1 is 1.29 bits per heavy atom. The number of hydrogen-bond donors (Lipinski definition) is 0. The Labute approximate surface area is 204 Å². The molecule has 1 fully saturated rings. The third kappa shape index (κ3) is 3.75. The third-order valence-electron chi connectivity index (χ3n) is 6.99. The predicted octanol–water partition coefficient (Wildman–Crippen LogP) is 3.02. The van der Waals surface area contributed by atoms with Crippen molar-refractivity contribution in [2.75, 3.05) is 13.7 Å². The molecule has 2 aliphatic heterocycles. The highest BCUT2D eigenvalue weighted by Crippen LogP contribution is 2.41. The molecule has 0 saturated carbocycles. The molecule has 0 bridgehead atoms. The van der Waals surface area contributed by atoms with Gasteiger partial charge in [-0.05, 0) is 61.4 Å². The SMILES string of the molecule is COc1cc2c(cc1-c1nnn(C)n1)-c1c(CC(C)C)nc(C(=O)N3CCC[C@]3(C)C#N)n1CC2. The van der Waals surface area contributed by atoms with E-state index in [1.165, 1.54) is 4.80 Å². The highest BCUT2D eigenvalue weighted by Gasteiger charge is 2.42. The van der Waals surface area contributed by atoms with Crippen LogP contribution < -0.4 is 4.74 Å². The van der Waals surface area contributed by atoms with E-state index in [-0.39, 0.29) is 5.91 Å². The summed E-state index contributed by atoms with van der Waals surface area (Å²) in [5, 5.41) is 22.3. The molecule has 0 spiro atoms. The fourth-order valence-corrected chi connectivity index (χ4v) is 5.26. The van der Waals surface area contributed by atoms with Gasteiger partial charge in [0.2, 0.25) is 5.82 Å². The number of hydrogen-bond acceptors (Lipinski definition) is 7. The van der Waals surface area contributed by atoms with Crippen molar-refractivity contribution in [2.24, 2.45) is 13.0 Å². The maximum absolute atomic E-state index is 13.7. The van der Waals surface area contributed by atoms with Crippen LogP contribution in [0, 0.1) is 17.2 Å². The quantitative estimate of drug-likeness (QED) is 0.558. The average molecular weight is 475 g/mol. The van der Waals surface area contributed by atoms with Crippen molar-refractivity contribution in [3.8, 4) is 34.5 Å². The summed E-state index contributed by atoms with van der Waals surface area (Å²) in [6.45, 7) is 7.34. The first kappa shape index (κ1) is 23.0.